The summed E-state index contributed by atoms with van der Waals surface area (Å²) in [4.78, 5) is 11.8. The van der Waals surface area contributed by atoms with Gasteiger partial charge in [-0.25, -0.2) is 0 Å². The van der Waals surface area contributed by atoms with Crippen molar-refractivity contribution in [3.63, 3.8) is 0 Å². The Morgan fingerprint density at radius 1 is 1.03 bits per heavy atom. The highest BCUT2D eigenvalue weighted by molar-refractivity contribution is 7.07. The van der Waals surface area contributed by atoms with Crippen LogP contribution in [0.25, 0.3) is 11.1 Å². The van der Waals surface area contributed by atoms with E-state index in [0.29, 0.717) is 6.54 Å². The van der Waals surface area contributed by atoms with E-state index >= 15 is 0 Å². The fourth-order valence-corrected chi connectivity index (χ4v) is 5.11. The predicted octanol–water partition coefficient (Wildman–Crippen LogP) is 5.69. The van der Waals surface area contributed by atoms with Crippen LogP contribution < -0.4 is 9.61 Å². The Hall–Kier alpha value is -2.53. The smallest absolute Gasteiger partial charge is 0.310 e. The molecule has 0 fully saturated rings. The van der Waals surface area contributed by atoms with E-state index in [2.05, 4.69) is 52.0 Å². The fraction of sp³-hybridized carbons (Fsp3) is 0.400. The summed E-state index contributed by atoms with van der Waals surface area (Å²) in [5, 5.41) is 11.4. The van der Waals surface area contributed by atoms with Crippen LogP contribution in [0.1, 0.15) is 57.2 Å². The van der Waals surface area contributed by atoms with Gasteiger partial charge in [-0.1, -0.05) is 63.3 Å². The number of ether oxygens (including phenoxy) is 1. The molecular weight excluding hydrogens is 394 g/mol. The molecule has 0 amide bonds. The second-order valence-corrected chi connectivity index (χ2v) is 10.3. The lowest BCUT2D eigenvalue weighted by molar-refractivity contribution is 0.332. The molecule has 0 atom stereocenters. The first-order chi connectivity index (χ1) is 14.1. The van der Waals surface area contributed by atoms with Gasteiger partial charge in [0.25, 0.3) is 0 Å². The van der Waals surface area contributed by atoms with Crippen LogP contribution in [0.3, 0.4) is 0 Å². The van der Waals surface area contributed by atoms with Crippen molar-refractivity contribution in [2.45, 2.75) is 57.9 Å². The highest BCUT2D eigenvalue weighted by Crippen LogP contribution is 2.47. The number of aromatic hydroxyl groups is 1. The number of thiazole rings is 1. The summed E-state index contributed by atoms with van der Waals surface area (Å²) in [7, 11) is 1.68. The average molecular weight is 424 g/mol. The molecule has 0 saturated heterocycles. The first-order valence-electron chi connectivity index (χ1n) is 10.3. The zero-order chi connectivity index (χ0) is 21.7. The van der Waals surface area contributed by atoms with Crippen molar-refractivity contribution in [3.8, 4) is 22.8 Å². The van der Waals surface area contributed by atoms with Gasteiger partial charge in [0.2, 0.25) is 5.88 Å². The number of benzene rings is 2. The number of methoxy groups -OCH3 is 1. The van der Waals surface area contributed by atoms with Crippen molar-refractivity contribution >= 4 is 11.3 Å². The molecule has 1 heterocycles. The summed E-state index contributed by atoms with van der Waals surface area (Å²) in [6, 6.07) is 12.7. The van der Waals surface area contributed by atoms with E-state index in [1.54, 1.807) is 7.11 Å². The lowest BCUT2D eigenvalue weighted by Crippen LogP contribution is -2.33. The van der Waals surface area contributed by atoms with Gasteiger partial charge in [-0.3, -0.25) is 9.36 Å². The molecule has 3 aromatic rings. The minimum absolute atomic E-state index is 0.000120. The van der Waals surface area contributed by atoms with Gasteiger partial charge in [0.05, 0.1) is 19.0 Å². The lowest BCUT2D eigenvalue weighted by Gasteiger charge is -2.42. The largest absolute Gasteiger partial charge is 0.496 e. The van der Waals surface area contributed by atoms with Gasteiger partial charge in [-0.2, -0.15) is 0 Å². The molecule has 1 aromatic heterocycles. The van der Waals surface area contributed by atoms with Crippen LogP contribution in [0.4, 0.5) is 0 Å². The minimum Gasteiger partial charge on any atom is -0.496 e. The Morgan fingerprint density at radius 2 is 1.73 bits per heavy atom. The third-order valence-electron chi connectivity index (χ3n) is 6.53. The fourth-order valence-electron chi connectivity index (χ4n) is 4.49. The number of fused-ring (bicyclic) bond motifs is 1. The molecule has 5 heteroatoms. The Balaban J connectivity index is 1.81. The maximum absolute atomic E-state index is 12.0. The van der Waals surface area contributed by atoms with Gasteiger partial charge in [0, 0.05) is 5.56 Å². The maximum atomic E-state index is 12.0. The third kappa shape index (κ3) is 3.56. The van der Waals surface area contributed by atoms with Gasteiger partial charge in [-0.05, 0) is 58.1 Å². The Bertz CT molecular complexity index is 1150. The molecule has 0 unspecified atom stereocenters. The normalized spacial score (nSPS) is 16.8. The predicted molar refractivity (Wildman–Crippen MR) is 123 cm³/mol. The van der Waals surface area contributed by atoms with Crippen molar-refractivity contribution in [1.29, 1.82) is 0 Å². The van der Waals surface area contributed by atoms with E-state index in [1.165, 1.54) is 27.5 Å². The van der Waals surface area contributed by atoms with Crippen LogP contribution in [-0.4, -0.2) is 16.8 Å². The number of hydrogen-bond donors (Lipinski definition) is 1. The third-order valence-corrected chi connectivity index (χ3v) is 7.28. The highest BCUT2D eigenvalue weighted by atomic mass is 32.1. The van der Waals surface area contributed by atoms with Crippen molar-refractivity contribution in [1.82, 2.24) is 4.57 Å². The Kier molecular flexibility index (Phi) is 5.05. The molecule has 0 spiro atoms. The molecule has 0 bridgehead atoms. The molecule has 30 heavy (non-hydrogen) atoms. The summed E-state index contributed by atoms with van der Waals surface area (Å²) in [6.07, 6.45) is 2.35. The molecule has 158 valence electrons. The van der Waals surface area contributed by atoms with Crippen LogP contribution >= 0.6 is 11.3 Å². The van der Waals surface area contributed by atoms with Gasteiger partial charge in [-0.15, -0.1) is 0 Å². The number of rotatable bonds is 4. The summed E-state index contributed by atoms with van der Waals surface area (Å²) in [6.45, 7) is 9.63. The van der Waals surface area contributed by atoms with Crippen molar-refractivity contribution < 1.29 is 9.84 Å². The quantitative estimate of drug-likeness (QED) is 0.587. The Morgan fingerprint density at radius 3 is 2.37 bits per heavy atom. The zero-order valence-electron chi connectivity index (χ0n) is 18.3. The summed E-state index contributed by atoms with van der Waals surface area (Å²) in [5.74, 6) is 0.800. The summed E-state index contributed by atoms with van der Waals surface area (Å²) < 4.78 is 7.04. The van der Waals surface area contributed by atoms with Crippen molar-refractivity contribution in [3.05, 3.63) is 68.1 Å². The zero-order valence-corrected chi connectivity index (χ0v) is 19.1. The van der Waals surface area contributed by atoms with Crippen LogP contribution in [0, 0.1) is 0 Å². The van der Waals surface area contributed by atoms with Crippen molar-refractivity contribution in [2.24, 2.45) is 0 Å². The molecule has 1 N–H and O–H groups in total. The average Bonchev–Trinajstić information content (AvgIpc) is 3.03. The van der Waals surface area contributed by atoms with E-state index in [1.807, 2.05) is 12.1 Å². The van der Waals surface area contributed by atoms with Crippen molar-refractivity contribution in [2.75, 3.05) is 7.11 Å². The van der Waals surface area contributed by atoms with Crippen LogP contribution in [0.15, 0.2) is 46.6 Å². The monoisotopic (exact) mass is 423 g/mol. The van der Waals surface area contributed by atoms with E-state index in [9.17, 15) is 9.90 Å². The van der Waals surface area contributed by atoms with Crippen LogP contribution in [0.5, 0.6) is 11.6 Å². The number of aromatic nitrogens is 1. The Labute approximate surface area is 181 Å². The molecule has 1 aliphatic carbocycles. The molecule has 4 rings (SSSR count). The molecule has 4 nitrogen and oxygen atoms in total. The SMILES string of the molecule is COc1ccc(Cn2c(O)csc2=O)cc1-c1ccc2c(c1)C(C)(C)CCC2(C)C. The summed E-state index contributed by atoms with van der Waals surface area (Å²) in [5.41, 5.74) is 6.18. The second-order valence-electron chi connectivity index (χ2n) is 9.51. The second kappa shape index (κ2) is 7.31. The summed E-state index contributed by atoms with van der Waals surface area (Å²) >= 11 is 1.01. The van der Waals surface area contributed by atoms with E-state index < -0.39 is 0 Å². The van der Waals surface area contributed by atoms with Gasteiger partial charge in [0.15, 0.2) is 0 Å². The van der Waals surface area contributed by atoms with Gasteiger partial charge in [0.1, 0.15) is 5.75 Å². The highest BCUT2D eigenvalue weighted by Gasteiger charge is 2.37. The van der Waals surface area contributed by atoms with Crippen LogP contribution in [0.2, 0.25) is 0 Å². The van der Waals surface area contributed by atoms with Crippen LogP contribution in [-0.2, 0) is 17.4 Å². The molecular formula is C25H29NO3S. The van der Waals surface area contributed by atoms with E-state index in [0.717, 1.165) is 40.2 Å². The molecule has 2 aromatic carbocycles. The van der Waals surface area contributed by atoms with E-state index in [4.69, 9.17) is 4.74 Å². The molecule has 0 saturated carbocycles. The lowest BCUT2D eigenvalue weighted by atomic mass is 9.63. The minimum atomic E-state index is -0.164. The first-order valence-corrected chi connectivity index (χ1v) is 11.2. The number of hydrogen-bond acceptors (Lipinski definition) is 4. The van der Waals surface area contributed by atoms with Gasteiger partial charge < -0.3 is 9.84 Å². The molecule has 0 radical (unpaired) electrons. The van der Waals surface area contributed by atoms with Gasteiger partial charge >= 0.3 is 4.87 Å². The topological polar surface area (TPSA) is 51.5 Å². The number of nitrogens with zero attached hydrogens (tertiary/aromatic N) is 1. The molecule has 0 aliphatic heterocycles. The van der Waals surface area contributed by atoms with E-state index in [-0.39, 0.29) is 21.6 Å². The maximum Gasteiger partial charge on any atom is 0.310 e. The first kappa shape index (κ1) is 20.7. The molecule has 1 aliphatic rings. The standard InChI is InChI=1S/C25H29NO3S/c1-24(2)10-11-25(3,4)20-13-17(7-8-19(20)24)18-12-16(6-9-21(18)29-5)14-26-22(27)15-30-23(26)28/h6-9,12-13,15,27H,10-11,14H2,1-5H3.